The summed E-state index contributed by atoms with van der Waals surface area (Å²) in [5, 5.41) is 20.1. The summed E-state index contributed by atoms with van der Waals surface area (Å²) in [5.74, 6) is 0.727. The van der Waals surface area contributed by atoms with Crippen LogP contribution in [0.1, 0.15) is 56.4 Å². The van der Waals surface area contributed by atoms with Crippen LogP contribution >= 0.6 is 22.9 Å². The summed E-state index contributed by atoms with van der Waals surface area (Å²) in [4.78, 5) is 0.820. The van der Waals surface area contributed by atoms with Gasteiger partial charge in [0.2, 0.25) is 0 Å². The minimum Gasteiger partial charge on any atom is -0.386 e. The predicted octanol–water partition coefficient (Wildman–Crippen LogP) is 4.94. The Morgan fingerprint density at radius 1 is 1.53 bits per heavy atom. The van der Waals surface area contributed by atoms with Crippen LogP contribution in [0.2, 0.25) is 4.34 Å². The van der Waals surface area contributed by atoms with E-state index in [2.05, 4.69) is 13.0 Å². The van der Waals surface area contributed by atoms with Crippen LogP contribution in [0.3, 0.4) is 0 Å². The molecule has 0 bridgehead atoms. The lowest BCUT2D eigenvalue weighted by atomic mass is 9.67. The van der Waals surface area contributed by atoms with Gasteiger partial charge in [-0.05, 0) is 43.7 Å². The molecular formula is C15H20ClNOS. The number of nitrogens with zero attached hydrogens (tertiary/aromatic N) is 1. The van der Waals surface area contributed by atoms with Gasteiger partial charge < -0.3 is 5.11 Å². The standard InChI is InChI=1S/C15H20ClNOS/c1-2-3-11-6-8-15(10-17,9-7-11)14(18)12-4-5-13(16)19-12/h4-5,11,14,18H,2-3,6-9H2,1H3. The van der Waals surface area contributed by atoms with Crippen LogP contribution in [-0.2, 0) is 0 Å². The second-order valence-electron chi connectivity index (χ2n) is 5.54. The number of aliphatic hydroxyl groups is 1. The molecule has 2 nitrogen and oxygen atoms in total. The van der Waals surface area contributed by atoms with E-state index in [9.17, 15) is 10.4 Å². The molecule has 4 heteroatoms. The van der Waals surface area contributed by atoms with Crippen molar-refractivity contribution in [1.82, 2.24) is 0 Å². The Hall–Kier alpha value is -0.560. The summed E-state index contributed by atoms with van der Waals surface area (Å²) < 4.78 is 0.668. The van der Waals surface area contributed by atoms with Crippen molar-refractivity contribution in [2.24, 2.45) is 11.3 Å². The molecule has 1 aliphatic carbocycles. The van der Waals surface area contributed by atoms with Crippen LogP contribution in [0.4, 0.5) is 0 Å². The normalized spacial score (nSPS) is 28.8. The van der Waals surface area contributed by atoms with Gasteiger partial charge in [-0.15, -0.1) is 11.3 Å². The number of aliphatic hydroxyl groups excluding tert-OH is 1. The van der Waals surface area contributed by atoms with Gasteiger partial charge >= 0.3 is 0 Å². The number of nitriles is 1. The molecule has 1 aromatic heterocycles. The molecule has 2 rings (SSSR count). The van der Waals surface area contributed by atoms with Crippen molar-refractivity contribution in [2.75, 3.05) is 0 Å². The lowest BCUT2D eigenvalue weighted by Crippen LogP contribution is -2.32. The predicted molar refractivity (Wildman–Crippen MR) is 79.2 cm³/mol. The fraction of sp³-hybridized carbons (Fsp3) is 0.667. The molecule has 0 radical (unpaired) electrons. The molecule has 1 aliphatic rings. The van der Waals surface area contributed by atoms with Crippen molar-refractivity contribution in [3.05, 3.63) is 21.3 Å². The molecule has 19 heavy (non-hydrogen) atoms. The van der Waals surface area contributed by atoms with Crippen molar-refractivity contribution in [3.8, 4) is 6.07 Å². The smallest absolute Gasteiger partial charge is 0.107 e. The number of thiophene rings is 1. The van der Waals surface area contributed by atoms with E-state index in [0.717, 1.165) is 36.5 Å². The average molecular weight is 298 g/mol. The number of halogens is 1. The zero-order valence-electron chi connectivity index (χ0n) is 11.2. The maximum Gasteiger partial charge on any atom is 0.107 e. The fourth-order valence-electron chi connectivity index (χ4n) is 3.08. The molecule has 0 spiro atoms. The third-order valence-corrected chi connectivity index (χ3v) is 5.59. The van der Waals surface area contributed by atoms with Crippen molar-refractivity contribution in [3.63, 3.8) is 0 Å². The van der Waals surface area contributed by atoms with E-state index in [1.165, 1.54) is 24.2 Å². The maximum absolute atomic E-state index is 10.6. The first kappa shape index (κ1) is 14.8. The number of hydrogen-bond donors (Lipinski definition) is 1. The Morgan fingerprint density at radius 2 is 2.21 bits per heavy atom. The van der Waals surface area contributed by atoms with Gasteiger partial charge in [0, 0.05) is 4.88 Å². The summed E-state index contributed by atoms with van der Waals surface area (Å²) >= 11 is 7.30. The minimum atomic E-state index is -0.697. The van der Waals surface area contributed by atoms with Gasteiger partial charge in [0.1, 0.15) is 6.10 Å². The highest BCUT2D eigenvalue weighted by atomic mass is 35.5. The van der Waals surface area contributed by atoms with Crippen LogP contribution in [0.15, 0.2) is 12.1 Å². The highest BCUT2D eigenvalue weighted by molar-refractivity contribution is 7.16. The molecule has 104 valence electrons. The summed E-state index contributed by atoms with van der Waals surface area (Å²) in [6, 6.07) is 6.03. The topological polar surface area (TPSA) is 44.0 Å². The van der Waals surface area contributed by atoms with E-state index >= 15 is 0 Å². The van der Waals surface area contributed by atoms with Crippen molar-refractivity contribution in [2.45, 2.75) is 51.6 Å². The first-order valence-corrected chi connectivity index (χ1v) is 8.15. The van der Waals surface area contributed by atoms with Gasteiger partial charge in [0.05, 0.1) is 15.8 Å². The molecule has 1 N–H and O–H groups in total. The van der Waals surface area contributed by atoms with Crippen LogP contribution < -0.4 is 0 Å². The third-order valence-electron chi connectivity index (χ3n) is 4.30. The highest BCUT2D eigenvalue weighted by Crippen LogP contribution is 2.49. The summed E-state index contributed by atoms with van der Waals surface area (Å²) in [6.07, 6.45) is 5.44. The Balaban J connectivity index is 2.10. The second-order valence-corrected chi connectivity index (χ2v) is 7.29. The van der Waals surface area contributed by atoms with E-state index in [0.29, 0.717) is 4.34 Å². The lowest BCUT2D eigenvalue weighted by molar-refractivity contribution is 0.0261. The van der Waals surface area contributed by atoms with Gasteiger partial charge in [-0.3, -0.25) is 0 Å². The summed E-state index contributed by atoms with van der Waals surface area (Å²) in [6.45, 7) is 2.20. The zero-order valence-corrected chi connectivity index (χ0v) is 12.8. The Morgan fingerprint density at radius 3 is 2.68 bits per heavy atom. The van der Waals surface area contributed by atoms with Gasteiger partial charge in [0.15, 0.2) is 0 Å². The van der Waals surface area contributed by atoms with Gasteiger partial charge in [0.25, 0.3) is 0 Å². The Bertz CT molecular complexity index is 457. The van der Waals surface area contributed by atoms with Crippen LogP contribution in [0.25, 0.3) is 0 Å². The molecule has 1 fully saturated rings. The zero-order chi connectivity index (χ0) is 13.9. The van der Waals surface area contributed by atoms with Crippen molar-refractivity contribution >= 4 is 22.9 Å². The minimum absolute atomic E-state index is 0.613. The quantitative estimate of drug-likeness (QED) is 0.856. The van der Waals surface area contributed by atoms with E-state index < -0.39 is 11.5 Å². The first-order valence-electron chi connectivity index (χ1n) is 6.96. The number of hydrogen-bond acceptors (Lipinski definition) is 3. The largest absolute Gasteiger partial charge is 0.386 e. The SMILES string of the molecule is CCCC1CCC(C#N)(C(O)c2ccc(Cl)s2)CC1. The van der Waals surface area contributed by atoms with Gasteiger partial charge in [-0.2, -0.15) is 5.26 Å². The molecule has 1 atom stereocenters. The van der Waals surface area contributed by atoms with Crippen LogP contribution in [0.5, 0.6) is 0 Å². The second kappa shape index (κ2) is 6.26. The molecule has 1 heterocycles. The maximum atomic E-state index is 10.6. The fourth-order valence-corrected chi connectivity index (χ4v) is 4.25. The summed E-state index contributed by atoms with van der Waals surface area (Å²) in [5.41, 5.74) is -0.613. The van der Waals surface area contributed by atoms with E-state index in [-0.39, 0.29) is 0 Å². The Kier molecular flexibility index (Phi) is 4.89. The van der Waals surface area contributed by atoms with Crippen molar-refractivity contribution in [1.29, 1.82) is 5.26 Å². The summed E-state index contributed by atoms with van der Waals surface area (Å²) in [7, 11) is 0. The number of rotatable bonds is 4. The molecule has 1 unspecified atom stereocenters. The first-order chi connectivity index (χ1) is 9.11. The molecule has 1 aromatic rings. The van der Waals surface area contributed by atoms with Crippen molar-refractivity contribution < 1.29 is 5.11 Å². The van der Waals surface area contributed by atoms with Gasteiger partial charge in [-0.25, -0.2) is 0 Å². The van der Waals surface area contributed by atoms with E-state index in [4.69, 9.17) is 11.6 Å². The molecule has 0 amide bonds. The third kappa shape index (κ3) is 3.13. The molecule has 0 aliphatic heterocycles. The van der Waals surface area contributed by atoms with Crippen LogP contribution in [0, 0.1) is 22.7 Å². The average Bonchev–Trinajstić information content (AvgIpc) is 2.86. The highest BCUT2D eigenvalue weighted by Gasteiger charge is 2.42. The van der Waals surface area contributed by atoms with E-state index in [1.807, 2.05) is 6.07 Å². The Labute approximate surface area is 124 Å². The lowest BCUT2D eigenvalue weighted by Gasteiger charge is -2.37. The molecule has 0 saturated heterocycles. The molecule has 0 aromatic carbocycles. The monoisotopic (exact) mass is 297 g/mol. The molecule has 1 saturated carbocycles. The van der Waals surface area contributed by atoms with Gasteiger partial charge in [-0.1, -0.05) is 31.4 Å². The molecular weight excluding hydrogens is 278 g/mol. The van der Waals surface area contributed by atoms with E-state index in [1.54, 1.807) is 6.07 Å². The van der Waals surface area contributed by atoms with Crippen LogP contribution in [-0.4, -0.2) is 5.11 Å².